The van der Waals surface area contributed by atoms with Crippen molar-refractivity contribution in [1.82, 2.24) is 9.97 Å². The first-order chi connectivity index (χ1) is 9.72. The van der Waals surface area contributed by atoms with Gasteiger partial charge in [0.15, 0.2) is 5.78 Å². The first kappa shape index (κ1) is 13.2. The summed E-state index contributed by atoms with van der Waals surface area (Å²) in [5.41, 5.74) is 2.47. The topological polar surface area (TPSA) is 54.9 Å². The molecule has 1 aliphatic rings. The zero-order valence-electron chi connectivity index (χ0n) is 10.9. The molecular weight excluding hydrogens is 318 g/mol. The lowest BCUT2D eigenvalue weighted by Crippen LogP contribution is -2.06. The second kappa shape index (κ2) is 5.71. The van der Waals surface area contributed by atoms with Gasteiger partial charge in [-0.3, -0.25) is 4.79 Å². The van der Waals surface area contributed by atoms with Gasteiger partial charge in [0.1, 0.15) is 0 Å². The minimum atomic E-state index is 0.160. The molecule has 0 saturated carbocycles. The van der Waals surface area contributed by atoms with Crippen molar-refractivity contribution in [1.29, 1.82) is 0 Å². The average Bonchev–Trinajstić information content (AvgIpc) is 2.63. The molecule has 1 aromatic carbocycles. The highest BCUT2D eigenvalue weighted by Crippen LogP contribution is 2.21. The molecule has 4 nitrogen and oxygen atoms in total. The molecule has 20 heavy (non-hydrogen) atoms. The van der Waals surface area contributed by atoms with Gasteiger partial charge in [-0.2, -0.15) is 0 Å². The standard InChI is InChI=1S/C15H14BrN3O/c16-10-5-7-11(8-6-10)18-15-17-9-12-13(19-15)3-1-2-4-14(12)20/h5-9H,1-4H2,(H,17,18,19). The van der Waals surface area contributed by atoms with Crippen molar-refractivity contribution in [2.75, 3.05) is 5.32 Å². The molecule has 102 valence electrons. The third-order valence-electron chi connectivity index (χ3n) is 3.34. The highest BCUT2D eigenvalue weighted by molar-refractivity contribution is 9.10. The monoisotopic (exact) mass is 331 g/mol. The number of anilines is 2. The maximum absolute atomic E-state index is 11.9. The summed E-state index contributed by atoms with van der Waals surface area (Å²) in [6.07, 6.45) is 5.05. The second-order valence-electron chi connectivity index (χ2n) is 4.82. The van der Waals surface area contributed by atoms with Crippen LogP contribution < -0.4 is 5.32 Å². The van der Waals surface area contributed by atoms with E-state index in [0.29, 0.717) is 17.9 Å². The largest absolute Gasteiger partial charge is 0.324 e. The molecule has 5 heteroatoms. The zero-order chi connectivity index (χ0) is 13.9. The van der Waals surface area contributed by atoms with E-state index in [1.54, 1.807) is 6.20 Å². The average molecular weight is 332 g/mol. The van der Waals surface area contributed by atoms with E-state index in [1.165, 1.54) is 0 Å². The number of nitrogens with one attached hydrogen (secondary N) is 1. The number of hydrogen-bond donors (Lipinski definition) is 1. The molecule has 0 radical (unpaired) electrons. The van der Waals surface area contributed by atoms with Gasteiger partial charge >= 0.3 is 0 Å². The van der Waals surface area contributed by atoms with Crippen LogP contribution in [0, 0.1) is 0 Å². The van der Waals surface area contributed by atoms with E-state index in [4.69, 9.17) is 0 Å². The smallest absolute Gasteiger partial charge is 0.227 e. The summed E-state index contributed by atoms with van der Waals surface area (Å²) < 4.78 is 1.02. The summed E-state index contributed by atoms with van der Waals surface area (Å²) in [4.78, 5) is 20.6. The van der Waals surface area contributed by atoms with Gasteiger partial charge in [0.25, 0.3) is 0 Å². The van der Waals surface area contributed by atoms with Crippen molar-refractivity contribution < 1.29 is 4.79 Å². The van der Waals surface area contributed by atoms with Crippen LogP contribution in [0.25, 0.3) is 0 Å². The van der Waals surface area contributed by atoms with Crippen LogP contribution in [0.4, 0.5) is 11.6 Å². The number of hydrogen-bond acceptors (Lipinski definition) is 4. The lowest BCUT2D eigenvalue weighted by Gasteiger charge is -2.08. The molecule has 1 aromatic heterocycles. The zero-order valence-corrected chi connectivity index (χ0v) is 12.5. The lowest BCUT2D eigenvalue weighted by atomic mass is 10.1. The molecule has 3 rings (SSSR count). The van der Waals surface area contributed by atoms with Gasteiger partial charge in [0.2, 0.25) is 5.95 Å². The third-order valence-corrected chi connectivity index (χ3v) is 3.86. The molecule has 1 heterocycles. The van der Waals surface area contributed by atoms with E-state index in [0.717, 1.165) is 35.1 Å². The van der Waals surface area contributed by atoms with Crippen molar-refractivity contribution >= 4 is 33.3 Å². The van der Waals surface area contributed by atoms with Gasteiger partial charge in [-0.05, 0) is 43.5 Å². The molecule has 0 atom stereocenters. The predicted octanol–water partition coefficient (Wildman–Crippen LogP) is 3.89. The maximum Gasteiger partial charge on any atom is 0.227 e. The number of carbonyl (C=O) groups excluding carboxylic acids is 1. The SMILES string of the molecule is O=C1CCCCc2nc(Nc3ccc(Br)cc3)ncc21. The van der Waals surface area contributed by atoms with Crippen LogP contribution in [0.15, 0.2) is 34.9 Å². The van der Waals surface area contributed by atoms with E-state index in [2.05, 4.69) is 31.2 Å². The van der Waals surface area contributed by atoms with Gasteiger partial charge in [0.05, 0.1) is 11.3 Å². The Kier molecular flexibility index (Phi) is 3.78. The summed E-state index contributed by atoms with van der Waals surface area (Å²) in [5.74, 6) is 0.702. The molecule has 0 spiro atoms. The lowest BCUT2D eigenvalue weighted by molar-refractivity contribution is 0.0981. The minimum Gasteiger partial charge on any atom is -0.324 e. The Morgan fingerprint density at radius 3 is 2.65 bits per heavy atom. The van der Waals surface area contributed by atoms with Crippen LogP contribution >= 0.6 is 15.9 Å². The third kappa shape index (κ3) is 2.88. The number of carbonyl (C=O) groups is 1. The van der Waals surface area contributed by atoms with E-state index < -0.39 is 0 Å². The van der Waals surface area contributed by atoms with Crippen molar-refractivity contribution in [3.05, 3.63) is 46.2 Å². The Labute approximate surface area is 125 Å². The molecule has 0 amide bonds. The first-order valence-corrected chi connectivity index (χ1v) is 7.43. The normalized spacial score (nSPS) is 14.6. The van der Waals surface area contributed by atoms with Gasteiger partial charge in [-0.1, -0.05) is 15.9 Å². The maximum atomic E-state index is 11.9. The van der Waals surface area contributed by atoms with Crippen molar-refractivity contribution in [3.63, 3.8) is 0 Å². The molecule has 1 aliphatic carbocycles. The Bertz CT molecular complexity index is 640. The minimum absolute atomic E-state index is 0.160. The van der Waals surface area contributed by atoms with Crippen LogP contribution in [-0.4, -0.2) is 15.8 Å². The molecule has 1 N–H and O–H groups in total. The summed E-state index contributed by atoms with van der Waals surface area (Å²) in [6, 6.07) is 7.80. The van der Waals surface area contributed by atoms with E-state index in [-0.39, 0.29) is 5.78 Å². The van der Waals surface area contributed by atoms with Crippen LogP contribution in [0.2, 0.25) is 0 Å². The number of aromatic nitrogens is 2. The van der Waals surface area contributed by atoms with Gasteiger partial charge < -0.3 is 5.32 Å². The Balaban J connectivity index is 1.86. The highest BCUT2D eigenvalue weighted by atomic mass is 79.9. The molecule has 2 aromatic rings. The number of benzene rings is 1. The second-order valence-corrected chi connectivity index (χ2v) is 5.73. The number of aryl methyl sites for hydroxylation is 1. The Morgan fingerprint density at radius 2 is 1.85 bits per heavy atom. The molecule has 0 fully saturated rings. The summed E-state index contributed by atoms with van der Waals surface area (Å²) in [7, 11) is 0. The Hall–Kier alpha value is -1.75. The van der Waals surface area contributed by atoms with Gasteiger partial charge in [-0.15, -0.1) is 0 Å². The van der Waals surface area contributed by atoms with E-state index >= 15 is 0 Å². The fourth-order valence-electron chi connectivity index (χ4n) is 2.28. The highest BCUT2D eigenvalue weighted by Gasteiger charge is 2.17. The molecule has 0 unspecified atom stereocenters. The number of halogens is 1. The summed E-state index contributed by atoms with van der Waals surface area (Å²) in [5, 5.41) is 3.16. The number of rotatable bonds is 2. The molecular formula is C15H14BrN3O. The quantitative estimate of drug-likeness (QED) is 0.848. The number of ketones is 1. The number of Topliss-reactive ketones (excluding diaryl/α,β-unsaturated/α-hetero) is 1. The van der Waals surface area contributed by atoms with Crippen LogP contribution in [0.3, 0.4) is 0 Å². The fourth-order valence-corrected chi connectivity index (χ4v) is 2.54. The fraction of sp³-hybridized carbons (Fsp3) is 0.267. The van der Waals surface area contributed by atoms with Crippen LogP contribution in [-0.2, 0) is 6.42 Å². The van der Waals surface area contributed by atoms with Gasteiger partial charge in [-0.25, -0.2) is 9.97 Å². The van der Waals surface area contributed by atoms with Gasteiger partial charge in [0, 0.05) is 22.8 Å². The molecule has 0 aliphatic heterocycles. The number of nitrogens with zero attached hydrogens (tertiary/aromatic N) is 2. The number of fused-ring (bicyclic) bond motifs is 1. The molecule has 0 saturated heterocycles. The Morgan fingerprint density at radius 1 is 1.10 bits per heavy atom. The summed E-state index contributed by atoms with van der Waals surface area (Å²) >= 11 is 3.40. The van der Waals surface area contributed by atoms with Crippen LogP contribution in [0.1, 0.15) is 35.3 Å². The first-order valence-electron chi connectivity index (χ1n) is 6.64. The van der Waals surface area contributed by atoms with Crippen molar-refractivity contribution in [3.8, 4) is 0 Å². The predicted molar refractivity (Wildman–Crippen MR) is 81.3 cm³/mol. The van der Waals surface area contributed by atoms with E-state index in [9.17, 15) is 4.79 Å². The van der Waals surface area contributed by atoms with E-state index in [1.807, 2.05) is 24.3 Å². The summed E-state index contributed by atoms with van der Waals surface area (Å²) in [6.45, 7) is 0. The molecule has 0 bridgehead atoms. The van der Waals surface area contributed by atoms with Crippen LogP contribution in [0.5, 0.6) is 0 Å². The van der Waals surface area contributed by atoms with Crippen molar-refractivity contribution in [2.45, 2.75) is 25.7 Å². The van der Waals surface area contributed by atoms with Crippen molar-refractivity contribution in [2.24, 2.45) is 0 Å².